The molecule has 3 heterocycles. The van der Waals surface area contributed by atoms with Crippen molar-refractivity contribution in [3.8, 4) is 39.1 Å². The van der Waals surface area contributed by atoms with Gasteiger partial charge in [0, 0.05) is 38.8 Å². The van der Waals surface area contributed by atoms with Crippen LogP contribution in [-0.4, -0.2) is 11.4 Å². The van der Waals surface area contributed by atoms with Gasteiger partial charge in [-0.2, -0.15) is 0 Å². The summed E-state index contributed by atoms with van der Waals surface area (Å²) in [7, 11) is 0. The molecule has 0 bridgehead atoms. The van der Waals surface area contributed by atoms with E-state index in [4.69, 9.17) is 0 Å². The number of nitrogens with zero attached hydrogens (tertiary/aromatic N) is 2. The summed E-state index contributed by atoms with van der Waals surface area (Å²) in [4.78, 5) is 2.72. The minimum Gasteiger partial charge on any atom is -0.376 e. The highest BCUT2D eigenvalue weighted by atomic mass is 15.1. The van der Waals surface area contributed by atoms with E-state index in [1.54, 1.807) is 0 Å². The van der Waals surface area contributed by atoms with E-state index >= 15 is 0 Å². The summed E-state index contributed by atoms with van der Waals surface area (Å²) in [6.07, 6.45) is 0. The Balaban J connectivity index is 1.26. The minimum atomic E-state index is -0.142. The second kappa shape index (κ2) is 11.9. The average molecular weight is 773 g/mol. The molecule has 290 valence electrons. The van der Waals surface area contributed by atoms with Crippen molar-refractivity contribution in [2.45, 2.75) is 71.6 Å². The van der Waals surface area contributed by atoms with Crippen LogP contribution in [0.15, 0.2) is 152 Å². The Morgan fingerprint density at radius 3 is 1.95 bits per heavy atom. The molecule has 0 saturated carbocycles. The Morgan fingerprint density at radius 2 is 1.18 bits per heavy atom. The van der Waals surface area contributed by atoms with Crippen molar-refractivity contribution < 1.29 is 0 Å². The molecule has 1 aliphatic carbocycles. The number of aromatic nitrogens is 1. The Kier molecular flexibility index (Phi) is 7.07. The zero-order valence-corrected chi connectivity index (χ0v) is 35.9. The first-order chi connectivity index (χ1) is 28.8. The predicted octanol–water partition coefficient (Wildman–Crippen LogP) is 13.7. The van der Waals surface area contributed by atoms with E-state index in [1.165, 1.54) is 116 Å². The number of anilines is 2. The third kappa shape index (κ3) is 4.78. The van der Waals surface area contributed by atoms with E-state index in [9.17, 15) is 0 Å². The van der Waals surface area contributed by atoms with E-state index < -0.39 is 0 Å². The van der Waals surface area contributed by atoms with Crippen LogP contribution < -0.4 is 15.7 Å². The molecule has 0 fully saturated rings. The maximum Gasteiger partial charge on any atom is 0.333 e. The van der Waals surface area contributed by atoms with E-state index in [0.29, 0.717) is 0 Å². The molecule has 0 radical (unpaired) electrons. The van der Waals surface area contributed by atoms with Gasteiger partial charge < -0.3 is 9.38 Å². The van der Waals surface area contributed by atoms with Crippen LogP contribution in [-0.2, 0) is 16.2 Å². The van der Waals surface area contributed by atoms with Crippen molar-refractivity contribution in [1.29, 1.82) is 0 Å². The van der Waals surface area contributed by atoms with Gasteiger partial charge in [-0.25, -0.2) is 0 Å². The summed E-state index contributed by atoms with van der Waals surface area (Å²) in [5, 5.41) is 5.26. The van der Waals surface area contributed by atoms with E-state index in [0.717, 1.165) is 0 Å². The molecule has 8 aromatic carbocycles. The molecule has 0 amide bonds. The van der Waals surface area contributed by atoms with Crippen LogP contribution >= 0.6 is 0 Å². The normalized spacial score (nSPS) is 14.7. The van der Waals surface area contributed by atoms with Gasteiger partial charge in [0.05, 0.1) is 11.0 Å². The first-order valence-corrected chi connectivity index (χ1v) is 21.7. The Labute approximate surface area is 354 Å². The lowest BCUT2D eigenvalue weighted by Crippen LogP contribution is -2.61. The first-order valence-electron chi connectivity index (χ1n) is 21.7. The molecule has 0 unspecified atom stereocenters. The maximum atomic E-state index is 2.72. The van der Waals surface area contributed by atoms with E-state index in [2.05, 4.69) is 216 Å². The summed E-state index contributed by atoms with van der Waals surface area (Å²) in [5.74, 6) is 0. The molecule has 0 N–H and O–H groups in total. The van der Waals surface area contributed by atoms with Crippen molar-refractivity contribution in [1.82, 2.24) is 4.57 Å². The molecule has 12 rings (SSSR count). The third-order valence-corrected chi connectivity index (χ3v) is 14.2. The summed E-state index contributed by atoms with van der Waals surface area (Å²) >= 11 is 0. The van der Waals surface area contributed by atoms with Crippen LogP contribution in [0.25, 0.3) is 71.6 Å². The van der Waals surface area contributed by atoms with Crippen molar-refractivity contribution in [2.24, 2.45) is 0 Å². The van der Waals surface area contributed by atoms with Gasteiger partial charge in [0.2, 0.25) is 0 Å². The number of rotatable bonds is 2. The standard InChI is InChI=1S/C57H49BN2/c1-55(2,3)37-24-27-49-43(29-37)44-30-38(56(4,5)6)31-48-54(44)59(49)51-28-36-18-12-13-19-40(36)52-45-32-42-41-20-14-15-21-46(41)57(7,8)47(42)33-50(45)60(58(48)53(51)52)39-25-22-35(23-26-39)34-16-10-9-11-17-34/h9-33H,1-8H3. The van der Waals surface area contributed by atoms with E-state index in [1.807, 2.05) is 0 Å². The zero-order chi connectivity index (χ0) is 41.0. The highest BCUT2D eigenvalue weighted by molar-refractivity contribution is 6.94. The predicted molar refractivity (Wildman–Crippen MR) is 258 cm³/mol. The molecular weight excluding hydrogens is 723 g/mol. The van der Waals surface area contributed by atoms with Crippen LogP contribution in [0.4, 0.5) is 11.4 Å². The van der Waals surface area contributed by atoms with Gasteiger partial charge in [-0.3, -0.25) is 0 Å². The molecule has 2 nitrogen and oxygen atoms in total. The van der Waals surface area contributed by atoms with Crippen LogP contribution in [0.2, 0.25) is 0 Å². The first kappa shape index (κ1) is 35.6. The summed E-state index contributed by atoms with van der Waals surface area (Å²) in [6, 6.07) is 58.3. The lowest BCUT2D eigenvalue weighted by atomic mass is 9.43. The van der Waals surface area contributed by atoms with Crippen molar-refractivity contribution >= 4 is 61.7 Å². The molecule has 60 heavy (non-hydrogen) atoms. The Bertz CT molecular complexity index is 3300. The van der Waals surface area contributed by atoms with Gasteiger partial charge in [0.25, 0.3) is 0 Å². The van der Waals surface area contributed by atoms with Crippen molar-refractivity contribution in [3.05, 3.63) is 174 Å². The maximum absolute atomic E-state index is 2.72. The van der Waals surface area contributed by atoms with Gasteiger partial charge in [0.15, 0.2) is 0 Å². The molecule has 0 atom stereocenters. The average Bonchev–Trinajstić information content (AvgIpc) is 3.69. The highest BCUT2D eigenvalue weighted by Crippen LogP contribution is 2.55. The fraction of sp³-hybridized carbons (Fsp3) is 0.193. The summed E-state index contributed by atoms with van der Waals surface area (Å²) < 4.78 is 2.63. The fourth-order valence-corrected chi connectivity index (χ4v) is 11.1. The number of hydrogen-bond acceptors (Lipinski definition) is 1. The minimum absolute atomic E-state index is 0.0249. The van der Waals surface area contributed by atoms with Crippen molar-refractivity contribution in [2.75, 3.05) is 4.81 Å². The second-order valence-electron chi connectivity index (χ2n) is 20.2. The zero-order valence-electron chi connectivity index (χ0n) is 35.9. The highest BCUT2D eigenvalue weighted by Gasteiger charge is 2.47. The van der Waals surface area contributed by atoms with Gasteiger partial charge >= 0.3 is 6.85 Å². The largest absolute Gasteiger partial charge is 0.376 e. The second-order valence-corrected chi connectivity index (χ2v) is 20.2. The molecule has 1 aromatic heterocycles. The number of hydrogen-bond donors (Lipinski definition) is 0. The van der Waals surface area contributed by atoms with Crippen LogP contribution in [0, 0.1) is 0 Å². The number of fused-ring (bicyclic) bond motifs is 12. The van der Waals surface area contributed by atoms with Gasteiger partial charge in [-0.15, -0.1) is 0 Å². The van der Waals surface area contributed by atoms with Gasteiger partial charge in [-0.1, -0.05) is 159 Å². The summed E-state index contributed by atoms with van der Waals surface area (Å²) in [6.45, 7) is 18.9. The Morgan fingerprint density at radius 1 is 0.500 bits per heavy atom. The molecule has 2 aliphatic heterocycles. The van der Waals surface area contributed by atoms with Crippen molar-refractivity contribution in [3.63, 3.8) is 0 Å². The third-order valence-electron chi connectivity index (χ3n) is 14.2. The van der Waals surface area contributed by atoms with Gasteiger partial charge in [-0.05, 0) is 131 Å². The number of benzene rings is 8. The summed E-state index contributed by atoms with van der Waals surface area (Å²) in [5.41, 5.74) is 22.3. The lowest BCUT2D eigenvalue weighted by Gasteiger charge is -2.43. The molecule has 3 aliphatic rings. The van der Waals surface area contributed by atoms with Crippen LogP contribution in [0.5, 0.6) is 0 Å². The molecule has 0 saturated heterocycles. The lowest BCUT2D eigenvalue weighted by molar-refractivity contribution is 0.590. The van der Waals surface area contributed by atoms with Gasteiger partial charge in [0.1, 0.15) is 0 Å². The molecule has 3 heteroatoms. The smallest absolute Gasteiger partial charge is 0.333 e. The fourth-order valence-electron chi connectivity index (χ4n) is 11.1. The molecular formula is C57H49BN2. The SMILES string of the molecule is CC(C)(C)c1ccc2c(c1)c1cc(C(C)(C)C)cc3c1n2-c1cc2ccccc2c2c1B3N(c1ccc(-c3ccccc3)cc1)c1cc3c(cc1-2)-c1ccccc1C3(C)C. The van der Waals surface area contributed by atoms with Crippen LogP contribution in [0.3, 0.4) is 0 Å². The monoisotopic (exact) mass is 772 g/mol. The van der Waals surface area contributed by atoms with Crippen LogP contribution in [0.1, 0.15) is 77.6 Å². The molecule has 0 spiro atoms. The molecule has 9 aromatic rings. The van der Waals surface area contributed by atoms with E-state index in [-0.39, 0.29) is 23.1 Å². The quantitative estimate of drug-likeness (QED) is 0.159. The Hall–Kier alpha value is -6.32. The topological polar surface area (TPSA) is 8.17 Å².